The van der Waals surface area contributed by atoms with Crippen molar-refractivity contribution in [3.8, 4) is 0 Å². The molecule has 7 heteroatoms. The van der Waals surface area contributed by atoms with Crippen LogP contribution in [0.25, 0.3) is 0 Å². The van der Waals surface area contributed by atoms with Gasteiger partial charge < -0.3 is 20.2 Å². The van der Waals surface area contributed by atoms with Crippen LogP contribution < -0.4 is 5.32 Å². The first-order chi connectivity index (χ1) is 8.66. The van der Waals surface area contributed by atoms with E-state index in [1.54, 1.807) is 4.90 Å². The van der Waals surface area contributed by atoms with E-state index in [0.29, 0.717) is 19.6 Å². The minimum Gasteiger partial charge on any atom is -0.480 e. The maximum Gasteiger partial charge on any atom is 0.320 e. The molecule has 2 saturated heterocycles. The van der Waals surface area contributed by atoms with E-state index in [2.05, 4.69) is 5.32 Å². The first-order valence-corrected chi connectivity index (χ1v) is 6.35. The van der Waals surface area contributed by atoms with Crippen LogP contribution in [0, 0.1) is 0 Å². The lowest BCUT2D eigenvalue weighted by Gasteiger charge is -2.23. The Bertz CT molecular complexity index is 323. The average Bonchev–Trinajstić information content (AvgIpc) is 2.63. The molecule has 2 aliphatic rings. The summed E-state index contributed by atoms with van der Waals surface area (Å²) < 4.78 is 0. The third kappa shape index (κ3) is 3.33. The summed E-state index contributed by atoms with van der Waals surface area (Å²) in [6, 6.07) is 0.0778. The van der Waals surface area contributed by atoms with E-state index in [1.807, 2.05) is 9.80 Å². The molecule has 0 aromatic heterocycles. The summed E-state index contributed by atoms with van der Waals surface area (Å²) in [4.78, 5) is 28.2. The van der Waals surface area contributed by atoms with Gasteiger partial charge in [0.2, 0.25) is 0 Å². The van der Waals surface area contributed by atoms with Gasteiger partial charge in [-0.3, -0.25) is 9.69 Å². The highest BCUT2D eigenvalue weighted by atomic mass is 16.4. The number of carbonyl (C=O) groups is 2. The van der Waals surface area contributed by atoms with Gasteiger partial charge in [0.25, 0.3) is 0 Å². The number of nitrogens with zero attached hydrogens (tertiary/aromatic N) is 3. The van der Waals surface area contributed by atoms with Crippen LogP contribution in [-0.2, 0) is 4.79 Å². The van der Waals surface area contributed by atoms with Gasteiger partial charge in [0.05, 0.1) is 6.54 Å². The molecule has 2 fully saturated rings. The lowest BCUT2D eigenvalue weighted by atomic mass is 10.4. The Labute approximate surface area is 106 Å². The van der Waals surface area contributed by atoms with Gasteiger partial charge in [-0.2, -0.15) is 0 Å². The van der Waals surface area contributed by atoms with E-state index in [4.69, 9.17) is 5.11 Å². The molecule has 0 aromatic rings. The fourth-order valence-corrected chi connectivity index (χ4v) is 2.35. The van der Waals surface area contributed by atoms with Gasteiger partial charge in [0.15, 0.2) is 0 Å². The molecule has 2 aliphatic heterocycles. The van der Waals surface area contributed by atoms with Crippen LogP contribution in [0.1, 0.15) is 0 Å². The Morgan fingerprint density at radius 2 is 1.67 bits per heavy atom. The van der Waals surface area contributed by atoms with E-state index in [1.165, 1.54) is 0 Å². The molecular weight excluding hydrogens is 236 g/mol. The Hall–Kier alpha value is -1.34. The zero-order valence-corrected chi connectivity index (χ0v) is 10.5. The number of hydrogen-bond acceptors (Lipinski definition) is 4. The molecule has 0 aromatic carbocycles. The summed E-state index contributed by atoms with van der Waals surface area (Å²) in [5.41, 5.74) is 0. The van der Waals surface area contributed by atoms with E-state index in [9.17, 15) is 9.59 Å². The second-order valence-electron chi connectivity index (χ2n) is 4.68. The molecule has 2 heterocycles. The Kier molecular flexibility index (Phi) is 4.38. The Morgan fingerprint density at radius 1 is 1.06 bits per heavy atom. The minimum atomic E-state index is -0.820. The monoisotopic (exact) mass is 256 g/mol. The zero-order chi connectivity index (χ0) is 13.0. The predicted octanol–water partition coefficient (Wildman–Crippen LogP) is -1.29. The molecule has 0 atom stereocenters. The SMILES string of the molecule is O=C(O)CN1CCNCCN2CCN(CC1)C2=O. The number of carboxylic acids is 1. The first kappa shape index (κ1) is 13.1. The number of aliphatic carboxylic acids is 1. The predicted molar refractivity (Wildman–Crippen MR) is 65.5 cm³/mol. The van der Waals surface area contributed by atoms with Crippen LogP contribution in [0.5, 0.6) is 0 Å². The van der Waals surface area contributed by atoms with E-state index in [-0.39, 0.29) is 12.6 Å². The van der Waals surface area contributed by atoms with Crippen molar-refractivity contribution in [2.45, 2.75) is 0 Å². The Balaban J connectivity index is 1.94. The van der Waals surface area contributed by atoms with Crippen LogP contribution in [0.3, 0.4) is 0 Å². The third-order valence-electron chi connectivity index (χ3n) is 3.39. The second kappa shape index (κ2) is 6.01. The van der Waals surface area contributed by atoms with Gasteiger partial charge >= 0.3 is 12.0 Å². The maximum atomic E-state index is 12.0. The summed E-state index contributed by atoms with van der Waals surface area (Å²) in [5.74, 6) is -0.820. The normalized spacial score (nSPS) is 23.0. The molecule has 2 rings (SSSR count). The van der Waals surface area contributed by atoms with Crippen LogP contribution in [0.15, 0.2) is 0 Å². The van der Waals surface area contributed by atoms with Crippen molar-refractivity contribution in [1.82, 2.24) is 20.0 Å². The molecule has 18 heavy (non-hydrogen) atoms. The quantitative estimate of drug-likeness (QED) is 0.643. The molecule has 2 N–H and O–H groups in total. The molecule has 0 radical (unpaired) electrons. The number of urea groups is 1. The molecule has 2 bridgehead atoms. The highest BCUT2D eigenvalue weighted by molar-refractivity contribution is 5.76. The van der Waals surface area contributed by atoms with Crippen molar-refractivity contribution >= 4 is 12.0 Å². The third-order valence-corrected chi connectivity index (χ3v) is 3.39. The van der Waals surface area contributed by atoms with Gasteiger partial charge in [-0.05, 0) is 0 Å². The Morgan fingerprint density at radius 3 is 2.39 bits per heavy atom. The van der Waals surface area contributed by atoms with Crippen molar-refractivity contribution in [3.05, 3.63) is 0 Å². The van der Waals surface area contributed by atoms with Crippen molar-refractivity contribution < 1.29 is 14.7 Å². The maximum absolute atomic E-state index is 12.0. The van der Waals surface area contributed by atoms with Gasteiger partial charge in [0.1, 0.15) is 0 Å². The fourth-order valence-electron chi connectivity index (χ4n) is 2.35. The molecule has 2 amide bonds. The number of amides is 2. The largest absolute Gasteiger partial charge is 0.480 e. The van der Waals surface area contributed by atoms with Gasteiger partial charge in [-0.25, -0.2) is 4.79 Å². The summed E-state index contributed by atoms with van der Waals surface area (Å²) in [5, 5.41) is 12.1. The summed E-state index contributed by atoms with van der Waals surface area (Å²) in [6.45, 7) is 5.75. The lowest BCUT2D eigenvalue weighted by molar-refractivity contribution is -0.138. The van der Waals surface area contributed by atoms with Crippen molar-refractivity contribution in [1.29, 1.82) is 0 Å². The fraction of sp³-hybridized carbons (Fsp3) is 0.818. The highest BCUT2D eigenvalue weighted by Gasteiger charge is 2.28. The van der Waals surface area contributed by atoms with Crippen molar-refractivity contribution in [3.63, 3.8) is 0 Å². The summed E-state index contributed by atoms with van der Waals surface area (Å²) in [7, 11) is 0. The topological polar surface area (TPSA) is 76.1 Å². The molecule has 0 saturated carbocycles. The number of nitrogens with one attached hydrogen (secondary N) is 1. The lowest BCUT2D eigenvalue weighted by Crippen LogP contribution is -2.41. The zero-order valence-electron chi connectivity index (χ0n) is 10.5. The smallest absolute Gasteiger partial charge is 0.320 e. The van der Waals surface area contributed by atoms with E-state index in [0.717, 1.165) is 32.7 Å². The van der Waals surface area contributed by atoms with Gasteiger partial charge in [-0.15, -0.1) is 0 Å². The molecule has 102 valence electrons. The number of rotatable bonds is 2. The van der Waals surface area contributed by atoms with Gasteiger partial charge in [-0.1, -0.05) is 0 Å². The number of fused-ring (bicyclic) bond motifs is 2. The van der Waals surface area contributed by atoms with Crippen LogP contribution >= 0.6 is 0 Å². The van der Waals surface area contributed by atoms with Gasteiger partial charge in [0, 0.05) is 52.4 Å². The summed E-state index contributed by atoms with van der Waals surface area (Å²) >= 11 is 0. The number of hydrogen-bond donors (Lipinski definition) is 2. The van der Waals surface area contributed by atoms with Crippen LogP contribution in [0.2, 0.25) is 0 Å². The first-order valence-electron chi connectivity index (χ1n) is 6.35. The highest BCUT2D eigenvalue weighted by Crippen LogP contribution is 2.08. The standard InChI is InChI=1S/C11H20N4O3/c16-10(17)9-13-3-1-12-2-4-14-7-8-15(6-5-13)11(14)18/h12H,1-9H2,(H,16,17). The molecular formula is C11H20N4O3. The van der Waals surface area contributed by atoms with Crippen LogP contribution in [0.4, 0.5) is 4.79 Å². The molecule has 0 unspecified atom stereocenters. The summed E-state index contributed by atoms with van der Waals surface area (Å²) in [6.07, 6.45) is 0. The molecule has 0 aliphatic carbocycles. The second-order valence-corrected chi connectivity index (χ2v) is 4.68. The van der Waals surface area contributed by atoms with E-state index >= 15 is 0 Å². The number of carbonyl (C=O) groups excluding carboxylic acids is 1. The molecule has 0 spiro atoms. The van der Waals surface area contributed by atoms with E-state index < -0.39 is 5.97 Å². The molecule has 7 nitrogen and oxygen atoms in total. The van der Waals surface area contributed by atoms with Crippen LogP contribution in [-0.4, -0.2) is 90.7 Å². The minimum absolute atomic E-state index is 0.0351. The average molecular weight is 256 g/mol. The number of carboxylic acid groups (broad SMARTS) is 1. The van der Waals surface area contributed by atoms with Crippen molar-refractivity contribution in [2.24, 2.45) is 0 Å². The van der Waals surface area contributed by atoms with Crippen molar-refractivity contribution in [2.75, 3.05) is 58.9 Å².